The minimum Gasteiger partial charge on any atom is -0.318 e. The van der Waals surface area contributed by atoms with Gasteiger partial charge < -0.3 is 14.4 Å². The fourth-order valence-corrected chi connectivity index (χ4v) is 4.88. The Bertz CT molecular complexity index is 1350. The molecule has 5 rings (SSSR count). The van der Waals surface area contributed by atoms with E-state index in [2.05, 4.69) is 0 Å². The van der Waals surface area contributed by atoms with Crippen molar-refractivity contribution in [2.45, 2.75) is 32.7 Å². The zero-order valence-corrected chi connectivity index (χ0v) is 19.5. The minimum atomic E-state index is -0.0842. The summed E-state index contributed by atoms with van der Waals surface area (Å²) in [5.74, 6) is 0.795. The van der Waals surface area contributed by atoms with Gasteiger partial charge in [0.2, 0.25) is 11.8 Å². The fraction of sp³-hybridized carbons (Fsp3) is 0.250. The predicted molar refractivity (Wildman–Crippen MR) is 135 cm³/mol. The van der Waals surface area contributed by atoms with Gasteiger partial charge in [0.1, 0.15) is 12.4 Å². The lowest BCUT2D eigenvalue weighted by Crippen LogP contribution is -2.34. The van der Waals surface area contributed by atoms with Crippen LogP contribution in [0.4, 0.5) is 11.4 Å². The van der Waals surface area contributed by atoms with Gasteiger partial charge in [0.25, 0.3) is 0 Å². The first-order chi connectivity index (χ1) is 16.6. The number of imidazole rings is 1. The van der Waals surface area contributed by atoms with Gasteiger partial charge in [-0.1, -0.05) is 48.5 Å². The predicted octanol–water partition coefficient (Wildman–Crippen LogP) is 4.92. The van der Waals surface area contributed by atoms with Crippen molar-refractivity contribution in [1.82, 2.24) is 9.55 Å². The number of benzene rings is 3. The molecule has 1 aliphatic heterocycles. The molecule has 0 aliphatic carbocycles. The van der Waals surface area contributed by atoms with Gasteiger partial charge in [0.05, 0.1) is 11.0 Å². The molecule has 0 saturated carbocycles. The Kier molecular flexibility index (Phi) is 5.88. The lowest BCUT2D eigenvalue weighted by atomic mass is 10.1. The molecule has 0 N–H and O–H groups in total. The standard InChI is InChI=1S/C28H28N4O2/c1-3-30(22-12-5-4-6-13-22)27(34)19-32-25-16-10-8-14-23(25)29-28(32)21-17-26(33)31(18-21)24-15-9-7-11-20(24)2/h4-16,21H,3,17-19H2,1-2H3/t21-/m0/s1. The molecule has 2 amide bonds. The van der Waals surface area contributed by atoms with Crippen LogP contribution in [0.15, 0.2) is 78.9 Å². The number of rotatable bonds is 6. The van der Waals surface area contributed by atoms with Crippen LogP contribution in [0.5, 0.6) is 0 Å². The van der Waals surface area contributed by atoms with Crippen LogP contribution in [-0.4, -0.2) is 34.5 Å². The van der Waals surface area contributed by atoms with Crippen LogP contribution in [0.1, 0.15) is 30.7 Å². The van der Waals surface area contributed by atoms with E-state index in [0.717, 1.165) is 33.8 Å². The number of carbonyl (C=O) groups excluding carboxylic acids is 2. The van der Waals surface area contributed by atoms with E-state index >= 15 is 0 Å². The van der Waals surface area contributed by atoms with Crippen molar-refractivity contribution >= 4 is 34.2 Å². The number of anilines is 2. The van der Waals surface area contributed by atoms with E-state index in [9.17, 15) is 9.59 Å². The smallest absolute Gasteiger partial charge is 0.246 e. The Balaban J connectivity index is 1.49. The molecule has 1 fully saturated rings. The Morgan fingerprint density at radius 2 is 1.71 bits per heavy atom. The van der Waals surface area contributed by atoms with Gasteiger partial charge >= 0.3 is 0 Å². The van der Waals surface area contributed by atoms with E-state index in [-0.39, 0.29) is 24.3 Å². The van der Waals surface area contributed by atoms with E-state index in [1.807, 2.05) is 102 Å². The summed E-state index contributed by atoms with van der Waals surface area (Å²) in [5, 5.41) is 0. The maximum atomic E-state index is 13.4. The summed E-state index contributed by atoms with van der Waals surface area (Å²) in [6, 6.07) is 25.5. The largest absolute Gasteiger partial charge is 0.318 e. The highest BCUT2D eigenvalue weighted by atomic mass is 16.2. The topological polar surface area (TPSA) is 58.4 Å². The molecule has 1 aliphatic rings. The number of fused-ring (bicyclic) bond motifs is 1. The van der Waals surface area contributed by atoms with E-state index < -0.39 is 0 Å². The van der Waals surface area contributed by atoms with Gasteiger partial charge in [-0.2, -0.15) is 0 Å². The highest BCUT2D eigenvalue weighted by molar-refractivity contribution is 5.97. The Hall–Kier alpha value is -3.93. The number of likely N-dealkylation sites (N-methyl/N-ethyl adjacent to an activating group) is 1. The molecule has 1 aromatic heterocycles. The second kappa shape index (κ2) is 9.14. The van der Waals surface area contributed by atoms with Crippen molar-refractivity contribution in [1.29, 1.82) is 0 Å². The van der Waals surface area contributed by atoms with Gasteiger partial charge in [0.15, 0.2) is 0 Å². The molecule has 6 nitrogen and oxygen atoms in total. The summed E-state index contributed by atoms with van der Waals surface area (Å²) in [6.45, 7) is 5.30. The number of nitrogens with zero attached hydrogens (tertiary/aromatic N) is 4. The Morgan fingerprint density at radius 3 is 2.47 bits per heavy atom. The van der Waals surface area contributed by atoms with Crippen molar-refractivity contribution in [3.05, 3.63) is 90.3 Å². The summed E-state index contributed by atoms with van der Waals surface area (Å²) < 4.78 is 2.00. The molecule has 0 radical (unpaired) electrons. The molecule has 0 spiro atoms. The first-order valence-electron chi connectivity index (χ1n) is 11.7. The number of carbonyl (C=O) groups is 2. The number of hydrogen-bond acceptors (Lipinski definition) is 3. The van der Waals surface area contributed by atoms with Crippen LogP contribution in [0, 0.1) is 6.92 Å². The number of amides is 2. The maximum Gasteiger partial charge on any atom is 0.246 e. The van der Waals surface area contributed by atoms with Gasteiger partial charge in [-0.3, -0.25) is 9.59 Å². The summed E-state index contributed by atoms with van der Waals surface area (Å²) in [5.41, 5.74) is 4.64. The van der Waals surface area contributed by atoms with Crippen molar-refractivity contribution in [2.24, 2.45) is 0 Å². The van der Waals surface area contributed by atoms with Crippen LogP contribution in [0.2, 0.25) is 0 Å². The van der Waals surface area contributed by atoms with Gasteiger partial charge in [-0.15, -0.1) is 0 Å². The highest BCUT2D eigenvalue weighted by Gasteiger charge is 2.35. The molecular weight excluding hydrogens is 424 g/mol. The summed E-state index contributed by atoms with van der Waals surface area (Å²) >= 11 is 0. The average Bonchev–Trinajstić information content (AvgIpc) is 3.41. The zero-order valence-electron chi connectivity index (χ0n) is 19.5. The summed E-state index contributed by atoms with van der Waals surface area (Å²) in [4.78, 5) is 35.0. The van der Waals surface area contributed by atoms with Crippen LogP contribution in [-0.2, 0) is 16.1 Å². The molecule has 172 valence electrons. The van der Waals surface area contributed by atoms with Crippen LogP contribution in [0.25, 0.3) is 11.0 Å². The molecule has 1 saturated heterocycles. The zero-order chi connectivity index (χ0) is 23.7. The van der Waals surface area contributed by atoms with Gasteiger partial charge in [0, 0.05) is 36.8 Å². The molecule has 4 aromatic rings. The van der Waals surface area contributed by atoms with Crippen molar-refractivity contribution < 1.29 is 9.59 Å². The quantitative estimate of drug-likeness (QED) is 0.417. The molecule has 2 heterocycles. The molecule has 0 bridgehead atoms. The average molecular weight is 453 g/mol. The summed E-state index contributed by atoms with van der Waals surface area (Å²) in [7, 11) is 0. The summed E-state index contributed by atoms with van der Waals surface area (Å²) in [6.07, 6.45) is 0.377. The third-order valence-electron chi connectivity index (χ3n) is 6.56. The third-order valence-corrected chi connectivity index (χ3v) is 6.56. The molecule has 34 heavy (non-hydrogen) atoms. The molecular formula is C28H28N4O2. The SMILES string of the molecule is CCN(C(=O)Cn1c([C@H]2CC(=O)N(c3ccccc3C)C2)nc2ccccc21)c1ccccc1. The first kappa shape index (κ1) is 21.9. The Labute approximate surface area is 199 Å². The van der Waals surface area contributed by atoms with Crippen LogP contribution >= 0.6 is 0 Å². The van der Waals surface area contributed by atoms with Gasteiger partial charge in [-0.05, 0) is 49.7 Å². The lowest BCUT2D eigenvalue weighted by Gasteiger charge is -2.23. The van der Waals surface area contributed by atoms with Crippen LogP contribution < -0.4 is 9.80 Å². The molecule has 6 heteroatoms. The maximum absolute atomic E-state index is 13.4. The molecule has 0 unspecified atom stereocenters. The van der Waals surface area contributed by atoms with E-state index in [4.69, 9.17) is 4.98 Å². The van der Waals surface area contributed by atoms with Crippen LogP contribution in [0.3, 0.4) is 0 Å². The second-order valence-electron chi connectivity index (χ2n) is 8.71. The normalized spacial score (nSPS) is 15.8. The van der Waals surface area contributed by atoms with Crippen molar-refractivity contribution in [3.63, 3.8) is 0 Å². The number of hydrogen-bond donors (Lipinski definition) is 0. The van der Waals surface area contributed by atoms with Crippen molar-refractivity contribution in [3.8, 4) is 0 Å². The molecule has 3 aromatic carbocycles. The number of para-hydroxylation sites is 4. The highest BCUT2D eigenvalue weighted by Crippen LogP contribution is 2.34. The monoisotopic (exact) mass is 452 g/mol. The minimum absolute atomic E-state index is 0.00168. The lowest BCUT2D eigenvalue weighted by molar-refractivity contribution is -0.119. The first-order valence-corrected chi connectivity index (χ1v) is 11.7. The number of aromatic nitrogens is 2. The van der Waals surface area contributed by atoms with E-state index in [1.54, 1.807) is 4.90 Å². The van der Waals surface area contributed by atoms with E-state index in [0.29, 0.717) is 19.5 Å². The second-order valence-corrected chi connectivity index (χ2v) is 8.71. The number of aryl methyl sites for hydroxylation is 1. The fourth-order valence-electron chi connectivity index (χ4n) is 4.88. The molecule has 1 atom stereocenters. The third kappa shape index (κ3) is 3.96. The van der Waals surface area contributed by atoms with Gasteiger partial charge in [-0.25, -0.2) is 4.98 Å². The van der Waals surface area contributed by atoms with E-state index in [1.165, 1.54) is 0 Å². The van der Waals surface area contributed by atoms with Crippen molar-refractivity contribution in [2.75, 3.05) is 22.9 Å². The Morgan fingerprint density at radius 1 is 1.00 bits per heavy atom.